The SMILES string of the molecule is CN=C(NCC(c1cccc(C)c1)N1CCOCC1)NC1CCS(=O)(=O)C1. The fraction of sp³-hybridized carbons (Fsp3) is 0.632. The Bertz CT molecular complexity index is 760. The number of hydrogen-bond acceptors (Lipinski definition) is 5. The standard InChI is InChI=1S/C19H30N4O3S/c1-15-4-3-5-16(12-15)18(23-7-9-26-10-8-23)13-21-19(20-2)22-17-6-11-27(24,25)14-17/h3-5,12,17-18H,6-11,13-14H2,1-2H3,(H2,20,21,22). The zero-order chi connectivity index (χ0) is 19.3. The van der Waals surface area contributed by atoms with Gasteiger partial charge in [-0.2, -0.15) is 0 Å². The van der Waals surface area contributed by atoms with E-state index in [9.17, 15) is 8.42 Å². The second-order valence-corrected chi connectivity index (χ2v) is 9.50. The Balaban J connectivity index is 1.66. The van der Waals surface area contributed by atoms with Gasteiger partial charge in [-0.1, -0.05) is 29.8 Å². The van der Waals surface area contributed by atoms with Gasteiger partial charge in [0, 0.05) is 32.7 Å². The maximum atomic E-state index is 11.7. The van der Waals surface area contributed by atoms with E-state index < -0.39 is 9.84 Å². The lowest BCUT2D eigenvalue weighted by Gasteiger charge is -2.35. The molecule has 2 atom stereocenters. The molecule has 1 aromatic carbocycles. The molecular formula is C19H30N4O3S. The monoisotopic (exact) mass is 394 g/mol. The maximum absolute atomic E-state index is 11.7. The average Bonchev–Trinajstić information content (AvgIpc) is 3.00. The summed E-state index contributed by atoms with van der Waals surface area (Å²) in [7, 11) is -1.20. The Labute approximate surface area is 162 Å². The third-order valence-electron chi connectivity index (χ3n) is 5.17. The van der Waals surface area contributed by atoms with E-state index in [2.05, 4.69) is 51.7 Å². The molecule has 3 rings (SSSR count). The first-order valence-electron chi connectivity index (χ1n) is 9.53. The van der Waals surface area contributed by atoms with Crippen LogP contribution in [0.2, 0.25) is 0 Å². The van der Waals surface area contributed by atoms with Crippen LogP contribution in [-0.4, -0.2) is 76.7 Å². The molecule has 2 aliphatic heterocycles. The molecule has 0 aromatic heterocycles. The van der Waals surface area contributed by atoms with Crippen molar-refractivity contribution >= 4 is 15.8 Å². The Morgan fingerprint density at radius 3 is 2.78 bits per heavy atom. The number of guanidine groups is 1. The van der Waals surface area contributed by atoms with Gasteiger partial charge in [0.25, 0.3) is 0 Å². The van der Waals surface area contributed by atoms with Crippen molar-refractivity contribution in [3.8, 4) is 0 Å². The lowest BCUT2D eigenvalue weighted by atomic mass is 10.0. The molecule has 0 saturated carbocycles. The lowest BCUT2D eigenvalue weighted by Crippen LogP contribution is -2.48. The van der Waals surface area contributed by atoms with Crippen LogP contribution in [0.5, 0.6) is 0 Å². The normalized spacial score (nSPS) is 24.5. The van der Waals surface area contributed by atoms with E-state index in [-0.39, 0.29) is 23.6 Å². The third kappa shape index (κ3) is 5.67. The average molecular weight is 395 g/mol. The van der Waals surface area contributed by atoms with Crippen LogP contribution < -0.4 is 10.6 Å². The number of hydrogen-bond donors (Lipinski definition) is 2. The van der Waals surface area contributed by atoms with Crippen LogP contribution in [0, 0.1) is 6.92 Å². The number of nitrogens with one attached hydrogen (secondary N) is 2. The van der Waals surface area contributed by atoms with Gasteiger partial charge in [-0.05, 0) is 18.9 Å². The number of aryl methyl sites for hydroxylation is 1. The molecule has 2 heterocycles. The molecule has 0 amide bonds. The molecule has 1 aromatic rings. The molecule has 2 aliphatic rings. The van der Waals surface area contributed by atoms with E-state index >= 15 is 0 Å². The van der Waals surface area contributed by atoms with Gasteiger partial charge in [-0.25, -0.2) is 8.42 Å². The molecule has 0 spiro atoms. The van der Waals surface area contributed by atoms with Gasteiger partial charge in [0.05, 0.1) is 30.8 Å². The lowest BCUT2D eigenvalue weighted by molar-refractivity contribution is 0.0170. The fourth-order valence-corrected chi connectivity index (χ4v) is 5.39. The molecule has 27 heavy (non-hydrogen) atoms. The minimum Gasteiger partial charge on any atom is -0.379 e. The summed E-state index contributed by atoms with van der Waals surface area (Å²) in [6.45, 7) is 6.09. The van der Waals surface area contributed by atoms with E-state index in [0.717, 1.165) is 26.3 Å². The second-order valence-electron chi connectivity index (χ2n) is 7.28. The van der Waals surface area contributed by atoms with Crippen molar-refractivity contribution in [1.29, 1.82) is 0 Å². The summed E-state index contributed by atoms with van der Waals surface area (Å²) < 4.78 is 28.9. The van der Waals surface area contributed by atoms with Crippen LogP contribution in [0.1, 0.15) is 23.6 Å². The molecule has 2 N–H and O–H groups in total. The Morgan fingerprint density at radius 1 is 1.37 bits per heavy atom. The van der Waals surface area contributed by atoms with E-state index in [1.807, 2.05) is 0 Å². The van der Waals surface area contributed by atoms with Crippen LogP contribution in [0.4, 0.5) is 0 Å². The van der Waals surface area contributed by atoms with Gasteiger partial charge >= 0.3 is 0 Å². The van der Waals surface area contributed by atoms with Crippen molar-refractivity contribution < 1.29 is 13.2 Å². The Kier molecular flexibility index (Phi) is 6.73. The van der Waals surface area contributed by atoms with Crippen LogP contribution >= 0.6 is 0 Å². The second kappa shape index (κ2) is 9.03. The number of sulfone groups is 1. The molecule has 7 nitrogen and oxygen atoms in total. The first-order valence-corrected chi connectivity index (χ1v) is 11.3. The van der Waals surface area contributed by atoms with E-state index in [4.69, 9.17) is 4.74 Å². The predicted molar refractivity (Wildman–Crippen MR) is 108 cm³/mol. The molecule has 0 aliphatic carbocycles. The highest BCUT2D eigenvalue weighted by molar-refractivity contribution is 7.91. The van der Waals surface area contributed by atoms with Gasteiger partial charge < -0.3 is 15.4 Å². The van der Waals surface area contributed by atoms with E-state index in [1.165, 1.54) is 11.1 Å². The molecule has 2 fully saturated rings. The van der Waals surface area contributed by atoms with Gasteiger partial charge in [-0.15, -0.1) is 0 Å². The highest BCUT2D eigenvalue weighted by atomic mass is 32.2. The number of morpholine rings is 1. The van der Waals surface area contributed by atoms with Crippen LogP contribution in [0.3, 0.4) is 0 Å². The summed E-state index contributed by atoms with van der Waals surface area (Å²) in [6.07, 6.45) is 0.633. The van der Waals surface area contributed by atoms with Gasteiger partial charge in [0.1, 0.15) is 0 Å². The van der Waals surface area contributed by atoms with Gasteiger partial charge in [0.2, 0.25) is 0 Å². The van der Waals surface area contributed by atoms with Crippen molar-refractivity contribution in [2.75, 3.05) is 51.4 Å². The van der Waals surface area contributed by atoms with Gasteiger partial charge in [-0.3, -0.25) is 9.89 Å². The summed E-state index contributed by atoms with van der Waals surface area (Å²) in [5, 5.41) is 6.66. The zero-order valence-corrected chi connectivity index (χ0v) is 17.0. The zero-order valence-electron chi connectivity index (χ0n) is 16.1. The van der Waals surface area contributed by atoms with Crippen molar-refractivity contribution in [2.45, 2.75) is 25.4 Å². The largest absolute Gasteiger partial charge is 0.379 e. The summed E-state index contributed by atoms with van der Waals surface area (Å²) >= 11 is 0. The topological polar surface area (TPSA) is 83.0 Å². The van der Waals surface area contributed by atoms with E-state index in [0.29, 0.717) is 18.9 Å². The molecule has 2 unspecified atom stereocenters. The Morgan fingerprint density at radius 2 is 2.15 bits per heavy atom. The number of ether oxygens (including phenoxy) is 1. The van der Waals surface area contributed by atoms with Crippen molar-refractivity contribution in [3.63, 3.8) is 0 Å². The molecule has 150 valence electrons. The first kappa shape index (κ1) is 20.1. The highest BCUT2D eigenvalue weighted by Gasteiger charge is 2.29. The summed E-state index contributed by atoms with van der Waals surface area (Å²) in [4.78, 5) is 6.71. The highest BCUT2D eigenvalue weighted by Crippen LogP contribution is 2.22. The molecule has 0 radical (unpaired) electrons. The van der Waals surface area contributed by atoms with Crippen LogP contribution in [0.15, 0.2) is 29.3 Å². The minimum absolute atomic E-state index is 0.0676. The van der Waals surface area contributed by atoms with Gasteiger partial charge in [0.15, 0.2) is 15.8 Å². The van der Waals surface area contributed by atoms with Crippen LogP contribution in [-0.2, 0) is 14.6 Å². The molecular weight excluding hydrogens is 364 g/mol. The maximum Gasteiger partial charge on any atom is 0.191 e. The number of nitrogens with zero attached hydrogens (tertiary/aromatic N) is 2. The minimum atomic E-state index is -2.91. The number of benzene rings is 1. The fourth-order valence-electron chi connectivity index (χ4n) is 3.71. The third-order valence-corrected chi connectivity index (χ3v) is 6.94. The summed E-state index contributed by atoms with van der Waals surface area (Å²) in [6, 6.07) is 8.72. The van der Waals surface area contributed by atoms with Crippen LogP contribution in [0.25, 0.3) is 0 Å². The predicted octanol–water partition coefficient (Wildman–Crippen LogP) is 0.720. The molecule has 2 saturated heterocycles. The van der Waals surface area contributed by atoms with Crippen molar-refractivity contribution in [2.24, 2.45) is 4.99 Å². The smallest absolute Gasteiger partial charge is 0.191 e. The van der Waals surface area contributed by atoms with E-state index in [1.54, 1.807) is 7.05 Å². The Hall–Kier alpha value is -1.64. The van der Waals surface area contributed by atoms with Crippen molar-refractivity contribution in [3.05, 3.63) is 35.4 Å². The number of aliphatic imine (C=N–C) groups is 1. The quantitative estimate of drug-likeness (QED) is 0.566. The number of rotatable bonds is 5. The first-order chi connectivity index (χ1) is 13.0. The summed E-state index contributed by atoms with van der Waals surface area (Å²) in [5.41, 5.74) is 2.51. The molecule has 8 heteroatoms. The molecule has 0 bridgehead atoms. The summed E-state index contributed by atoms with van der Waals surface area (Å²) in [5.74, 6) is 1.09. The van der Waals surface area contributed by atoms with Crippen molar-refractivity contribution in [1.82, 2.24) is 15.5 Å².